The zero-order valence-electron chi connectivity index (χ0n) is 9.11. The van der Waals surface area contributed by atoms with Crippen LogP contribution in [0.2, 0.25) is 0 Å². The maximum atomic E-state index is 10.9. The molecule has 1 aromatic carbocycles. The summed E-state index contributed by atoms with van der Waals surface area (Å²) >= 11 is 0. The van der Waals surface area contributed by atoms with Crippen LogP contribution < -0.4 is 14.2 Å². The summed E-state index contributed by atoms with van der Waals surface area (Å²) in [5, 5.41) is 0. The van der Waals surface area contributed by atoms with Gasteiger partial charge in [-0.2, -0.15) is 0 Å². The van der Waals surface area contributed by atoms with Crippen molar-refractivity contribution in [1.82, 2.24) is 0 Å². The number of ether oxygens (including phenoxy) is 4. The molecule has 0 aromatic heterocycles. The van der Waals surface area contributed by atoms with E-state index in [1.54, 1.807) is 6.07 Å². The molecule has 0 saturated carbocycles. The standard InChI is InChI=1S/C11H12O5/c1-7-10(15-5-13-2)8(4-12)3-9-11(7)16-6-14-9/h3-4H,5-6H2,1-2H3. The number of benzene rings is 1. The second-order valence-corrected chi connectivity index (χ2v) is 3.32. The van der Waals surface area contributed by atoms with Gasteiger partial charge in [-0.25, -0.2) is 0 Å². The number of aldehydes is 1. The summed E-state index contributed by atoms with van der Waals surface area (Å²) in [6, 6.07) is 1.60. The highest BCUT2D eigenvalue weighted by atomic mass is 16.7. The first-order chi connectivity index (χ1) is 7.77. The van der Waals surface area contributed by atoms with Crippen molar-refractivity contribution in [3.63, 3.8) is 0 Å². The van der Waals surface area contributed by atoms with Crippen molar-refractivity contribution in [1.29, 1.82) is 0 Å². The van der Waals surface area contributed by atoms with Crippen molar-refractivity contribution in [2.75, 3.05) is 20.7 Å². The summed E-state index contributed by atoms with van der Waals surface area (Å²) in [6.45, 7) is 2.06. The molecule has 0 N–H and O–H groups in total. The fraction of sp³-hybridized carbons (Fsp3) is 0.364. The van der Waals surface area contributed by atoms with E-state index in [9.17, 15) is 4.79 Å². The number of rotatable bonds is 4. The Hall–Kier alpha value is -1.75. The molecule has 2 rings (SSSR count). The van der Waals surface area contributed by atoms with E-state index in [4.69, 9.17) is 18.9 Å². The number of hydrogen-bond donors (Lipinski definition) is 0. The molecular weight excluding hydrogens is 212 g/mol. The molecule has 86 valence electrons. The maximum Gasteiger partial charge on any atom is 0.231 e. The molecule has 16 heavy (non-hydrogen) atoms. The second-order valence-electron chi connectivity index (χ2n) is 3.32. The number of hydrogen-bond acceptors (Lipinski definition) is 5. The van der Waals surface area contributed by atoms with Crippen molar-refractivity contribution in [3.05, 3.63) is 17.2 Å². The summed E-state index contributed by atoms with van der Waals surface area (Å²) < 4.78 is 20.7. The third kappa shape index (κ3) is 1.69. The zero-order valence-corrected chi connectivity index (χ0v) is 9.11. The fourth-order valence-corrected chi connectivity index (χ4v) is 1.61. The monoisotopic (exact) mass is 224 g/mol. The molecule has 0 amide bonds. The highest BCUT2D eigenvalue weighted by Gasteiger charge is 2.22. The van der Waals surface area contributed by atoms with Gasteiger partial charge in [-0.05, 0) is 13.0 Å². The summed E-state index contributed by atoms with van der Waals surface area (Å²) in [7, 11) is 1.52. The van der Waals surface area contributed by atoms with Crippen LogP contribution in [0.25, 0.3) is 0 Å². The molecule has 0 unspecified atom stereocenters. The molecule has 1 aliphatic rings. The van der Waals surface area contributed by atoms with Crippen LogP contribution in [0.1, 0.15) is 15.9 Å². The second kappa shape index (κ2) is 4.40. The van der Waals surface area contributed by atoms with E-state index in [2.05, 4.69) is 0 Å². The Kier molecular flexibility index (Phi) is 2.96. The summed E-state index contributed by atoms with van der Waals surface area (Å²) in [6.07, 6.45) is 0.722. The maximum absolute atomic E-state index is 10.9. The average molecular weight is 224 g/mol. The smallest absolute Gasteiger partial charge is 0.231 e. The Balaban J connectivity index is 2.44. The zero-order chi connectivity index (χ0) is 11.5. The molecular formula is C11H12O5. The van der Waals surface area contributed by atoms with Crippen LogP contribution in [-0.2, 0) is 4.74 Å². The van der Waals surface area contributed by atoms with Gasteiger partial charge in [-0.3, -0.25) is 4.79 Å². The van der Waals surface area contributed by atoms with E-state index in [1.165, 1.54) is 7.11 Å². The van der Waals surface area contributed by atoms with Gasteiger partial charge in [0.05, 0.1) is 5.56 Å². The lowest BCUT2D eigenvalue weighted by Crippen LogP contribution is -2.03. The van der Waals surface area contributed by atoms with Gasteiger partial charge in [0.1, 0.15) is 5.75 Å². The Morgan fingerprint density at radius 3 is 3.00 bits per heavy atom. The van der Waals surface area contributed by atoms with Crippen molar-refractivity contribution in [2.45, 2.75) is 6.92 Å². The molecule has 0 fully saturated rings. The first kappa shape index (κ1) is 10.8. The molecule has 5 nitrogen and oxygen atoms in total. The molecule has 0 radical (unpaired) electrons. The van der Waals surface area contributed by atoms with E-state index >= 15 is 0 Å². The predicted octanol–water partition coefficient (Wildman–Crippen LogP) is 1.52. The molecule has 0 spiro atoms. The Morgan fingerprint density at radius 1 is 1.50 bits per heavy atom. The first-order valence-corrected chi connectivity index (χ1v) is 4.78. The normalized spacial score (nSPS) is 12.6. The van der Waals surface area contributed by atoms with Crippen LogP contribution in [0, 0.1) is 6.92 Å². The van der Waals surface area contributed by atoms with E-state index in [-0.39, 0.29) is 13.6 Å². The van der Waals surface area contributed by atoms with Gasteiger partial charge >= 0.3 is 0 Å². The highest BCUT2D eigenvalue weighted by molar-refractivity contribution is 5.83. The Labute approximate surface area is 92.9 Å². The summed E-state index contributed by atoms with van der Waals surface area (Å²) in [5.41, 5.74) is 1.17. The van der Waals surface area contributed by atoms with E-state index in [0.29, 0.717) is 22.8 Å². The van der Waals surface area contributed by atoms with Gasteiger partial charge in [0, 0.05) is 12.7 Å². The highest BCUT2D eigenvalue weighted by Crippen LogP contribution is 2.42. The molecule has 1 aromatic rings. The molecule has 0 saturated heterocycles. The minimum Gasteiger partial charge on any atom is -0.466 e. The topological polar surface area (TPSA) is 54.0 Å². The lowest BCUT2D eigenvalue weighted by atomic mass is 10.1. The van der Waals surface area contributed by atoms with Crippen LogP contribution in [0.15, 0.2) is 6.07 Å². The van der Waals surface area contributed by atoms with E-state index in [1.807, 2.05) is 6.92 Å². The van der Waals surface area contributed by atoms with Crippen LogP contribution in [0.4, 0.5) is 0 Å². The molecule has 1 heterocycles. The van der Waals surface area contributed by atoms with Gasteiger partial charge in [-0.15, -0.1) is 0 Å². The van der Waals surface area contributed by atoms with Gasteiger partial charge in [0.25, 0.3) is 0 Å². The Bertz CT molecular complexity index is 413. The molecule has 0 bridgehead atoms. The lowest BCUT2D eigenvalue weighted by molar-refractivity contribution is 0.0499. The number of carbonyl (C=O) groups excluding carboxylic acids is 1. The van der Waals surface area contributed by atoms with Crippen LogP contribution in [-0.4, -0.2) is 27.0 Å². The van der Waals surface area contributed by atoms with Crippen LogP contribution in [0.3, 0.4) is 0 Å². The van der Waals surface area contributed by atoms with Gasteiger partial charge in [-0.1, -0.05) is 0 Å². The number of fused-ring (bicyclic) bond motifs is 1. The van der Waals surface area contributed by atoms with Crippen molar-refractivity contribution < 1.29 is 23.7 Å². The van der Waals surface area contributed by atoms with Gasteiger partial charge < -0.3 is 18.9 Å². The Morgan fingerprint density at radius 2 is 2.31 bits per heavy atom. The third-order valence-corrected chi connectivity index (χ3v) is 2.32. The summed E-state index contributed by atoms with van der Waals surface area (Å²) in [5.74, 6) is 1.67. The number of carbonyl (C=O) groups is 1. The molecule has 0 aliphatic carbocycles. The van der Waals surface area contributed by atoms with Gasteiger partial charge in [0.15, 0.2) is 24.6 Å². The summed E-state index contributed by atoms with van der Waals surface area (Å²) in [4.78, 5) is 10.9. The fourth-order valence-electron chi connectivity index (χ4n) is 1.61. The van der Waals surface area contributed by atoms with Crippen LogP contribution in [0.5, 0.6) is 17.2 Å². The van der Waals surface area contributed by atoms with Crippen LogP contribution >= 0.6 is 0 Å². The minimum atomic E-state index is 0.0846. The largest absolute Gasteiger partial charge is 0.466 e. The van der Waals surface area contributed by atoms with E-state index in [0.717, 1.165) is 11.8 Å². The van der Waals surface area contributed by atoms with Gasteiger partial charge in [0.2, 0.25) is 6.79 Å². The van der Waals surface area contributed by atoms with Crippen molar-refractivity contribution in [2.24, 2.45) is 0 Å². The quantitative estimate of drug-likeness (QED) is 0.573. The minimum absolute atomic E-state index is 0.0846. The number of methoxy groups -OCH3 is 1. The van der Waals surface area contributed by atoms with Crippen molar-refractivity contribution >= 4 is 6.29 Å². The van der Waals surface area contributed by atoms with E-state index < -0.39 is 0 Å². The third-order valence-electron chi connectivity index (χ3n) is 2.32. The predicted molar refractivity (Wildman–Crippen MR) is 55.2 cm³/mol. The molecule has 0 atom stereocenters. The van der Waals surface area contributed by atoms with Crippen molar-refractivity contribution in [3.8, 4) is 17.2 Å². The molecule has 1 aliphatic heterocycles. The SMILES string of the molecule is COCOc1c(C=O)cc2c(c1C)OCO2. The molecule has 5 heteroatoms. The first-order valence-electron chi connectivity index (χ1n) is 4.78. The lowest BCUT2D eigenvalue weighted by Gasteiger charge is -2.12. The average Bonchev–Trinajstić information content (AvgIpc) is 2.76.